The summed E-state index contributed by atoms with van der Waals surface area (Å²) in [6, 6.07) is 1.52. The first-order valence-corrected chi connectivity index (χ1v) is 10.9. The highest BCUT2D eigenvalue weighted by atomic mass is 19.1. The fraction of sp³-hybridized carbons (Fsp3) is 1.00. The lowest BCUT2D eigenvalue weighted by atomic mass is 9.80. The summed E-state index contributed by atoms with van der Waals surface area (Å²) in [7, 11) is 0. The van der Waals surface area contributed by atoms with E-state index in [0.29, 0.717) is 42.9 Å². The largest absolute Gasteiger partial charge is 0.311 e. The molecule has 2 bridgehead atoms. The van der Waals surface area contributed by atoms with Crippen LogP contribution in [0.3, 0.4) is 0 Å². The van der Waals surface area contributed by atoms with Crippen molar-refractivity contribution in [1.82, 2.24) is 31.3 Å². The SMILES string of the molecule is FC1CNC2CCCCNC3CNN4CCC(NC34)N3CCCC3C2C1. The van der Waals surface area contributed by atoms with Gasteiger partial charge in [0.1, 0.15) is 6.17 Å². The Labute approximate surface area is 156 Å². The summed E-state index contributed by atoms with van der Waals surface area (Å²) in [5.74, 6) is 0.465. The minimum absolute atomic E-state index is 0.380. The van der Waals surface area contributed by atoms with E-state index in [1.165, 1.54) is 38.6 Å². The van der Waals surface area contributed by atoms with Crippen molar-refractivity contribution in [3.8, 4) is 0 Å². The normalized spacial score (nSPS) is 48.1. The van der Waals surface area contributed by atoms with Gasteiger partial charge in [0.25, 0.3) is 0 Å². The summed E-state index contributed by atoms with van der Waals surface area (Å²) in [5.41, 5.74) is 3.57. The first-order chi connectivity index (χ1) is 12.8. The predicted molar refractivity (Wildman–Crippen MR) is 100 cm³/mol. The van der Waals surface area contributed by atoms with Gasteiger partial charge in [-0.2, -0.15) is 0 Å². The number of nitrogens with zero attached hydrogens (tertiary/aromatic N) is 2. The Hall–Kier alpha value is -0.310. The Morgan fingerprint density at radius 1 is 0.885 bits per heavy atom. The lowest BCUT2D eigenvalue weighted by Gasteiger charge is -2.47. The van der Waals surface area contributed by atoms with Crippen LogP contribution in [0.15, 0.2) is 0 Å². The predicted octanol–water partition coefficient (Wildman–Crippen LogP) is 0.375. The molecule has 0 aromatic heterocycles. The van der Waals surface area contributed by atoms with E-state index in [4.69, 9.17) is 0 Å². The van der Waals surface area contributed by atoms with Crippen LogP contribution in [0.1, 0.15) is 44.9 Å². The van der Waals surface area contributed by atoms with Crippen LogP contribution in [0.25, 0.3) is 0 Å². The first kappa shape index (κ1) is 17.8. The standard InChI is InChI=1S/C19H35FN6/c20-13-10-14-15(22-11-13)4-1-2-7-21-16-12-23-26-9-6-18(24-19(16)26)25-8-3-5-17(14)25/h13-19,21-24H,1-12H2. The molecule has 5 rings (SSSR count). The van der Waals surface area contributed by atoms with Gasteiger partial charge in [0.2, 0.25) is 0 Å². The number of alkyl halides is 1. The van der Waals surface area contributed by atoms with Gasteiger partial charge in [0.05, 0.1) is 18.4 Å². The van der Waals surface area contributed by atoms with E-state index >= 15 is 0 Å². The maximum Gasteiger partial charge on any atom is 0.113 e. The maximum atomic E-state index is 14.3. The topological polar surface area (TPSA) is 54.6 Å². The van der Waals surface area contributed by atoms with E-state index in [0.717, 1.165) is 32.5 Å². The molecule has 5 fully saturated rings. The first-order valence-electron chi connectivity index (χ1n) is 10.9. The minimum Gasteiger partial charge on any atom is -0.311 e. The fourth-order valence-corrected chi connectivity index (χ4v) is 6.21. The van der Waals surface area contributed by atoms with Crippen molar-refractivity contribution >= 4 is 0 Å². The van der Waals surface area contributed by atoms with Crippen molar-refractivity contribution < 1.29 is 4.39 Å². The summed E-state index contributed by atoms with van der Waals surface area (Å²) in [4.78, 5) is 2.71. The smallest absolute Gasteiger partial charge is 0.113 e. The van der Waals surface area contributed by atoms with Gasteiger partial charge in [0, 0.05) is 31.7 Å². The van der Waals surface area contributed by atoms with Crippen molar-refractivity contribution in [3.05, 3.63) is 0 Å². The number of halogens is 1. The van der Waals surface area contributed by atoms with Gasteiger partial charge in [-0.3, -0.25) is 15.6 Å². The number of piperidine rings is 1. The van der Waals surface area contributed by atoms with Crippen molar-refractivity contribution in [2.24, 2.45) is 5.92 Å². The lowest BCUT2D eigenvalue weighted by Crippen LogP contribution is -2.66. The second-order valence-electron chi connectivity index (χ2n) is 8.99. The van der Waals surface area contributed by atoms with E-state index in [-0.39, 0.29) is 0 Å². The molecule has 5 aliphatic rings. The lowest BCUT2D eigenvalue weighted by molar-refractivity contribution is -0.00176. The molecule has 148 valence electrons. The summed E-state index contributed by atoms with van der Waals surface area (Å²) in [6.45, 7) is 4.92. The van der Waals surface area contributed by atoms with Crippen molar-refractivity contribution in [2.45, 2.75) is 81.6 Å². The molecule has 5 heterocycles. The van der Waals surface area contributed by atoms with Crippen LogP contribution in [0.5, 0.6) is 0 Å². The summed E-state index contributed by atoms with van der Waals surface area (Å²) < 4.78 is 14.3. The van der Waals surface area contributed by atoms with Crippen LogP contribution >= 0.6 is 0 Å². The maximum absolute atomic E-state index is 14.3. The van der Waals surface area contributed by atoms with Gasteiger partial charge in [-0.25, -0.2) is 9.40 Å². The van der Waals surface area contributed by atoms with E-state index in [1.807, 2.05) is 0 Å². The number of hydrogen-bond donors (Lipinski definition) is 4. The van der Waals surface area contributed by atoms with Gasteiger partial charge in [-0.05, 0) is 57.5 Å². The molecule has 7 atom stereocenters. The number of nitrogens with one attached hydrogen (secondary N) is 4. The van der Waals surface area contributed by atoms with Crippen molar-refractivity contribution in [3.63, 3.8) is 0 Å². The molecule has 26 heavy (non-hydrogen) atoms. The van der Waals surface area contributed by atoms with Crippen LogP contribution in [-0.2, 0) is 0 Å². The Bertz CT molecular complexity index is 493. The zero-order chi connectivity index (χ0) is 17.5. The average Bonchev–Trinajstić information content (AvgIpc) is 3.28. The second kappa shape index (κ2) is 7.60. The monoisotopic (exact) mass is 366 g/mol. The fourth-order valence-electron chi connectivity index (χ4n) is 6.21. The molecular weight excluding hydrogens is 331 g/mol. The molecule has 0 aliphatic carbocycles. The number of hydrogen-bond acceptors (Lipinski definition) is 6. The number of hydrazine groups is 1. The zero-order valence-electron chi connectivity index (χ0n) is 15.8. The van der Waals surface area contributed by atoms with Crippen LogP contribution in [0.2, 0.25) is 0 Å². The number of rotatable bonds is 0. The van der Waals surface area contributed by atoms with Crippen LogP contribution in [0.4, 0.5) is 4.39 Å². The van der Waals surface area contributed by atoms with E-state index < -0.39 is 6.17 Å². The Balaban J connectivity index is 1.39. The van der Waals surface area contributed by atoms with Crippen molar-refractivity contribution in [2.75, 3.05) is 32.7 Å². The van der Waals surface area contributed by atoms with Gasteiger partial charge >= 0.3 is 0 Å². The van der Waals surface area contributed by atoms with Crippen LogP contribution in [-0.4, -0.2) is 79.3 Å². The molecule has 5 saturated heterocycles. The molecule has 7 heteroatoms. The summed E-state index contributed by atoms with van der Waals surface area (Å²) in [5, 5.41) is 13.7. The van der Waals surface area contributed by atoms with Crippen LogP contribution in [0, 0.1) is 5.92 Å². The van der Waals surface area contributed by atoms with Gasteiger partial charge in [-0.1, -0.05) is 6.42 Å². The number of fused-ring (bicyclic) bond motifs is 5. The van der Waals surface area contributed by atoms with E-state index in [9.17, 15) is 4.39 Å². The average molecular weight is 367 g/mol. The molecule has 0 radical (unpaired) electrons. The molecule has 4 N–H and O–H groups in total. The summed E-state index contributed by atoms with van der Waals surface area (Å²) >= 11 is 0. The molecule has 0 saturated carbocycles. The molecule has 5 aliphatic heterocycles. The quantitative estimate of drug-likeness (QED) is 0.497. The van der Waals surface area contributed by atoms with Gasteiger partial charge in [0.15, 0.2) is 0 Å². The molecule has 0 aromatic rings. The van der Waals surface area contributed by atoms with Crippen molar-refractivity contribution in [1.29, 1.82) is 0 Å². The highest BCUT2D eigenvalue weighted by molar-refractivity contribution is 5.00. The Kier molecular flexibility index (Phi) is 5.20. The Morgan fingerprint density at radius 2 is 1.85 bits per heavy atom. The minimum atomic E-state index is -0.672. The van der Waals surface area contributed by atoms with Gasteiger partial charge < -0.3 is 10.6 Å². The Morgan fingerprint density at radius 3 is 2.81 bits per heavy atom. The molecule has 0 spiro atoms. The highest BCUT2D eigenvalue weighted by Gasteiger charge is 2.45. The van der Waals surface area contributed by atoms with Gasteiger partial charge in [-0.15, -0.1) is 0 Å². The molecule has 7 unspecified atom stereocenters. The summed E-state index contributed by atoms with van der Waals surface area (Å²) in [6.07, 6.45) is 8.19. The molecule has 0 aromatic carbocycles. The second-order valence-corrected chi connectivity index (χ2v) is 8.99. The molecule has 0 amide bonds. The molecule has 6 nitrogen and oxygen atoms in total. The van der Waals surface area contributed by atoms with Crippen LogP contribution < -0.4 is 21.4 Å². The zero-order valence-corrected chi connectivity index (χ0v) is 15.8. The third-order valence-electron chi connectivity index (χ3n) is 7.47. The highest BCUT2D eigenvalue weighted by Crippen LogP contribution is 2.36. The van der Waals surface area contributed by atoms with E-state index in [2.05, 4.69) is 31.3 Å². The third-order valence-corrected chi connectivity index (χ3v) is 7.47. The molecular formula is C19H35FN6. The third kappa shape index (κ3) is 3.31. The van der Waals surface area contributed by atoms with E-state index in [1.54, 1.807) is 0 Å².